The maximum absolute atomic E-state index is 5.51. The fraction of sp³-hybridized carbons (Fsp3) is 0.300. The Bertz CT molecular complexity index is 487. The lowest BCUT2D eigenvalue weighted by molar-refractivity contribution is 0.465. The molecule has 0 bridgehead atoms. The molecule has 2 aromatic heterocycles. The highest BCUT2D eigenvalue weighted by Crippen LogP contribution is 2.23. The van der Waals surface area contributed by atoms with Crippen molar-refractivity contribution in [3.63, 3.8) is 0 Å². The summed E-state index contributed by atoms with van der Waals surface area (Å²) in [6, 6.07) is 3.77. The molecule has 0 saturated carbocycles. The van der Waals surface area contributed by atoms with Crippen LogP contribution >= 0.6 is 0 Å². The molecule has 1 unspecified atom stereocenters. The van der Waals surface area contributed by atoms with Gasteiger partial charge in [0.2, 0.25) is 11.9 Å². The molecule has 4 N–H and O–H groups in total. The first kappa shape index (κ1) is 10.4. The van der Waals surface area contributed by atoms with Crippen LogP contribution in [0.2, 0.25) is 0 Å². The Morgan fingerprint density at radius 2 is 1.75 bits per heavy atom. The first-order chi connectivity index (χ1) is 7.56. The molecule has 16 heavy (non-hydrogen) atoms. The summed E-state index contributed by atoms with van der Waals surface area (Å²) in [6.07, 6.45) is 0. The van der Waals surface area contributed by atoms with Crippen molar-refractivity contribution in [1.29, 1.82) is 0 Å². The van der Waals surface area contributed by atoms with Crippen LogP contribution < -0.4 is 11.5 Å². The maximum atomic E-state index is 5.51. The number of aryl methyl sites for hydroxylation is 1. The standard InChI is InChI=1S/C10H13N5O/c1-5-3-4-7(16-5)6(2)8-13-9(11)15-10(12)14-8/h3-4,6H,1-2H3,(H4,11,12,13,14,15). The highest BCUT2D eigenvalue weighted by Gasteiger charge is 2.16. The Kier molecular flexibility index (Phi) is 2.47. The fourth-order valence-corrected chi connectivity index (χ4v) is 1.43. The van der Waals surface area contributed by atoms with E-state index in [9.17, 15) is 0 Å². The second-order valence-corrected chi connectivity index (χ2v) is 3.58. The van der Waals surface area contributed by atoms with Gasteiger partial charge in [0.15, 0.2) is 0 Å². The summed E-state index contributed by atoms with van der Waals surface area (Å²) in [7, 11) is 0. The summed E-state index contributed by atoms with van der Waals surface area (Å²) in [5, 5.41) is 0. The maximum Gasteiger partial charge on any atom is 0.225 e. The highest BCUT2D eigenvalue weighted by atomic mass is 16.3. The summed E-state index contributed by atoms with van der Waals surface area (Å²) in [5.41, 5.74) is 11.0. The number of nitrogens with two attached hydrogens (primary N) is 2. The van der Waals surface area contributed by atoms with E-state index in [2.05, 4.69) is 15.0 Å². The summed E-state index contributed by atoms with van der Waals surface area (Å²) in [4.78, 5) is 11.8. The number of rotatable bonds is 2. The fourth-order valence-electron chi connectivity index (χ4n) is 1.43. The quantitative estimate of drug-likeness (QED) is 0.783. The van der Waals surface area contributed by atoms with Crippen LogP contribution in [0.15, 0.2) is 16.5 Å². The minimum absolute atomic E-state index is 0.0960. The van der Waals surface area contributed by atoms with Gasteiger partial charge >= 0.3 is 0 Å². The average molecular weight is 219 g/mol. The Balaban J connectivity index is 2.37. The number of nitrogen functional groups attached to an aromatic ring is 2. The van der Waals surface area contributed by atoms with Crippen LogP contribution in [0.3, 0.4) is 0 Å². The second kappa shape index (κ2) is 3.80. The highest BCUT2D eigenvalue weighted by molar-refractivity contribution is 5.29. The van der Waals surface area contributed by atoms with Crippen LogP contribution in [0.5, 0.6) is 0 Å². The van der Waals surface area contributed by atoms with Crippen molar-refractivity contribution in [3.8, 4) is 0 Å². The zero-order valence-corrected chi connectivity index (χ0v) is 9.14. The van der Waals surface area contributed by atoms with Crippen LogP contribution in [0, 0.1) is 6.92 Å². The monoisotopic (exact) mass is 219 g/mol. The molecule has 2 rings (SSSR count). The number of hydrogen-bond acceptors (Lipinski definition) is 6. The van der Waals surface area contributed by atoms with E-state index >= 15 is 0 Å². The van der Waals surface area contributed by atoms with Crippen LogP contribution in [-0.4, -0.2) is 15.0 Å². The normalized spacial score (nSPS) is 12.6. The number of furan rings is 1. The molecule has 0 aliphatic carbocycles. The molecule has 0 aromatic carbocycles. The first-order valence-corrected chi connectivity index (χ1v) is 4.89. The topological polar surface area (TPSA) is 104 Å². The van der Waals surface area contributed by atoms with Gasteiger partial charge in [-0.15, -0.1) is 0 Å². The van der Waals surface area contributed by atoms with Crippen molar-refractivity contribution >= 4 is 11.9 Å². The van der Waals surface area contributed by atoms with Gasteiger partial charge in [-0.3, -0.25) is 0 Å². The van der Waals surface area contributed by atoms with E-state index in [0.29, 0.717) is 5.82 Å². The van der Waals surface area contributed by atoms with Gasteiger partial charge < -0.3 is 15.9 Å². The molecule has 6 heteroatoms. The Hall–Kier alpha value is -2.11. The van der Waals surface area contributed by atoms with Crippen molar-refractivity contribution in [1.82, 2.24) is 15.0 Å². The van der Waals surface area contributed by atoms with E-state index in [1.807, 2.05) is 26.0 Å². The third-order valence-corrected chi connectivity index (χ3v) is 2.26. The van der Waals surface area contributed by atoms with Gasteiger partial charge in [0.1, 0.15) is 17.3 Å². The molecule has 0 radical (unpaired) electrons. The van der Waals surface area contributed by atoms with Crippen molar-refractivity contribution in [3.05, 3.63) is 29.5 Å². The lowest BCUT2D eigenvalue weighted by atomic mass is 10.1. The van der Waals surface area contributed by atoms with Gasteiger partial charge in [-0.05, 0) is 26.0 Å². The van der Waals surface area contributed by atoms with Gasteiger partial charge in [-0.2, -0.15) is 15.0 Å². The van der Waals surface area contributed by atoms with E-state index in [1.54, 1.807) is 0 Å². The summed E-state index contributed by atoms with van der Waals surface area (Å²) < 4.78 is 5.50. The summed E-state index contributed by atoms with van der Waals surface area (Å²) >= 11 is 0. The van der Waals surface area contributed by atoms with E-state index in [0.717, 1.165) is 11.5 Å². The SMILES string of the molecule is Cc1ccc(C(C)c2nc(N)nc(N)n2)o1. The zero-order valence-electron chi connectivity index (χ0n) is 9.14. The Morgan fingerprint density at radius 1 is 1.12 bits per heavy atom. The second-order valence-electron chi connectivity index (χ2n) is 3.58. The van der Waals surface area contributed by atoms with Gasteiger partial charge in [-0.25, -0.2) is 0 Å². The van der Waals surface area contributed by atoms with Crippen molar-refractivity contribution in [2.24, 2.45) is 0 Å². The molecule has 0 saturated heterocycles. The predicted octanol–water partition coefficient (Wildman–Crippen LogP) is 1.09. The number of hydrogen-bond donors (Lipinski definition) is 2. The summed E-state index contributed by atoms with van der Waals surface area (Å²) in [6.45, 7) is 3.80. The summed E-state index contributed by atoms with van der Waals surface area (Å²) in [5.74, 6) is 2.29. The van der Waals surface area contributed by atoms with Crippen LogP contribution in [0.25, 0.3) is 0 Å². The molecule has 1 atom stereocenters. The third kappa shape index (κ3) is 1.95. The van der Waals surface area contributed by atoms with E-state index in [1.165, 1.54) is 0 Å². The van der Waals surface area contributed by atoms with Gasteiger partial charge in [0, 0.05) is 0 Å². The van der Waals surface area contributed by atoms with E-state index < -0.39 is 0 Å². The van der Waals surface area contributed by atoms with Crippen LogP contribution in [0.1, 0.15) is 30.2 Å². The molecular weight excluding hydrogens is 206 g/mol. The molecule has 6 nitrogen and oxygen atoms in total. The van der Waals surface area contributed by atoms with Gasteiger partial charge in [0.25, 0.3) is 0 Å². The van der Waals surface area contributed by atoms with Crippen LogP contribution in [0.4, 0.5) is 11.9 Å². The molecule has 2 heterocycles. The first-order valence-electron chi connectivity index (χ1n) is 4.89. The lowest BCUT2D eigenvalue weighted by Gasteiger charge is -2.07. The molecule has 0 aliphatic rings. The van der Waals surface area contributed by atoms with Crippen molar-refractivity contribution in [2.45, 2.75) is 19.8 Å². The third-order valence-electron chi connectivity index (χ3n) is 2.26. The van der Waals surface area contributed by atoms with Gasteiger partial charge in [-0.1, -0.05) is 0 Å². The largest absolute Gasteiger partial charge is 0.466 e. The van der Waals surface area contributed by atoms with E-state index in [4.69, 9.17) is 15.9 Å². The zero-order chi connectivity index (χ0) is 11.7. The molecule has 84 valence electrons. The number of nitrogens with zero attached hydrogens (tertiary/aromatic N) is 3. The molecule has 0 aliphatic heterocycles. The van der Waals surface area contributed by atoms with E-state index in [-0.39, 0.29) is 17.8 Å². The smallest absolute Gasteiger partial charge is 0.225 e. The minimum atomic E-state index is -0.0960. The molecule has 2 aromatic rings. The molecular formula is C10H13N5O. The van der Waals surface area contributed by atoms with Crippen molar-refractivity contribution < 1.29 is 4.42 Å². The van der Waals surface area contributed by atoms with Crippen LogP contribution in [-0.2, 0) is 0 Å². The number of anilines is 2. The van der Waals surface area contributed by atoms with Gasteiger partial charge in [0.05, 0.1) is 5.92 Å². The average Bonchev–Trinajstić information content (AvgIpc) is 2.62. The molecule has 0 spiro atoms. The van der Waals surface area contributed by atoms with Crippen molar-refractivity contribution in [2.75, 3.05) is 11.5 Å². The lowest BCUT2D eigenvalue weighted by Crippen LogP contribution is -2.09. The Labute approximate surface area is 92.7 Å². The molecule has 0 fully saturated rings. The molecule has 0 amide bonds. The minimum Gasteiger partial charge on any atom is -0.466 e. The Morgan fingerprint density at radius 3 is 2.25 bits per heavy atom. The predicted molar refractivity (Wildman–Crippen MR) is 59.6 cm³/mol. The number of aromatic nitrogens is 3.